The van der Waals surface area contributed by atoms with Crippen molar-refractivity contribution in [3.8, 4) is 23.0 Å². The molecule has 2 aromatic rings. The molecule has 146 valence electrons. The Morgan fingerprint density at radius 1 is 0.926 bits per heavy atom. The van der Waals surface area contributed by atoms with Crippen LogP contribution in [0.4, 0.5) is 5.69 Å². The Labute approximate surface area is 167 Å². The van der Waals surface area contributed by atoms with Crippen molar-refractivity contribution in [1.29, 1.82) is 0 Å². The van der Waals surface area contributed by atoms with Gasteiger partial charge >= 0.3 is 0 Å². The third-order valence-corrected chi connectivity index (χ3v) is 4.47. The second-order valence-electron chi connectivity index (χ2n) is 5.55. The van der Waals surface area contributed by atoms with Gasteiger partial charge in [0.1, 0.15) is 0 Å². The van der Waals surface area contributed by atoms with E-state index >= 15 is 0 Å². The van der Waals surface area contributed by atoms with Crippen LogP contribution >= 0.6 is 15.9 Å². The van der Waals surface area contributed by atoms with E-state index in [9.17, 15) is 4.79 Å². The Kier molecular flexibility index (Phi) is 7.79. The van der Waals surface area contributed by atoms with Gasteiger partial charge in [-0.25, -0.2) is 0 Å². The number of carbonyl (C=O) groups is 1. The Morgan fingerprint density at radius 3 is 2.15 bits per heavy atom. The Bertz CT molecular complexity index is 794. The SMILES string of the molecule is CCOc1cc(Br)c(CC(=O)Nc2ccc(OC)c(OC)c2)cc1OCC. The van der Waals surface area contributed by atoms with E-state index in [0.29, 0.717) is 41.9 Å². The molecule has 0 radical (unpaired) electrons. The maximum Gasteiger partial charge on any atom is 0.228 e. The topological polar surface area (TPSA) is 66.0 Å². The van der Waals surface area contributed by atoms with Crippen LogP contribution in [-0.2, 0) is 11.2 Å². The number of amides is 1. The molecule has 0 aromatic heterocycles. The van der Waals surface area contributed by atoms with Crippen LogP contribution in [0, 0.1) is 0 Å². The summed E-state index contributed by atoms with van der Waals surface area (Å²) in [6, 6.07) is 8.88. The molecule has 0 fully saturated rings. The van der Waals surface area contributed by atoms with Gasteiger partial charge in [0, 0.05) is 16.2 Å². The lowest BCUT2D eigenvalue weighted by atomic mass is 10.1. The number of hydrogen-bond acceptors (Lipinski definition) is 5. The molecule has 0 unspecified atom stereocenters. The molecule has 6 nitrogen and oxygen atoms in total. The molecule has 0 aliphatic rings. The summed E-state index contributed by atoms with van der Waals surface area (Å²) in [4.78, 5) is 12.5. The number of rotatable bonds is 9. The van der Waals surface area contributed by atoms with Gasteiger partial charge in [-0.2, -0.15) is 0 Å². The number of methoxy groups -OCH3 is 2. The predicted octanol–water partition coefficient (Wildman–Crippen LogP) is 4.44. The summed E-state index contributed by atoms with van der Waals surface area (Å²) >= 11 is 3.51. The Hall–Kier alpha value is -2.41. The third-order valence-electron chi connectivity index (χ3n) is 3.73. The molecule has 0 saturated heterocycles. The van der Waals surface area contributed by atoms with Gasteiger partial charge in [-0.05, 0) is 43.7 Å². The number of benzene rings is 2. The quantitative estimate of drug-likeness (QED) is 0.627. The summed E-state index contributed by atoms with van der Waals surface area (Å²) in [5.41, 5.74) is 1.43. The first-order valence-corrected chi connectivity index (χ1v) is 9.41. The molecule has 1 N–H and O–H groups in total. The second kappa shape index (κ2) is 10.1. The standard InChI is InChI=1S/C20H24BrNO5/c1-5-26-18-9-13(15(21)12-19(18)27-6-2)10-20(23)22-14-7-8-16(24-3)17(11-14)25-4/h7-9,11-12H,5-6,10H2,1-4H3,(H,22,23). The lowest BCUT2D eigenvalue weighted by Gasteiger charge is -2.14. The molecule has 0 saturated carbocycles. The van der Waals surface area contributed by atoms with E-state index in [0.717, 1.165) is 10.0 Å². The fourth-order valence-corrected chi connectivity index (χ4v) is 3.00. The Morgan fingerprint density at radius 2 is 1.56 bits per heavy atom. The van der Waals surface area contributed by atoms with E-state index in [-0.39, 0.29) is 12.3 Å². The van der Waals surface area contributed by atoms with Crippen molar-refractivity contribution < 1.29 is 23.7 Å². The first-order valence-electron chi connectivity index (χ1n) is 8.62. The number of ether oxygens (including phenoxy) is 4. The lowest BCUT2D eigenvalue weighted by Crippen LogP contribution is -2.15. The zero-order chi connectivity index (χ0) is 19.8. The van der Waals surface area contributed by atoms with Gasteiger partial charge in [0.25, 0.3) is 0 Å². The van der Waals surface area contributed by atoms with Crippen LogP contribution in [0.5, 0.6) is 23.0 Å². The molecule has 2 aromatic carbocycles. The van der Waals surface area contributed by atoms with Crippen LogP contribution in [0.1, 0.15) is 19.4 Å². The molecule has 0 aliphatic heterocycles. The minimum Gasteiger partial charge on any atom is -0.493 e. The van der Waals surface area contributed by atoms with Crippen molar-refractivity contribution in [3.05, 3.63) is 40.4 Å². The van der Waals surface area contributed by atoms with Gasteiger partial charge in [-0.3, -0.25) is 4.79 Å². The molecular weight excluding hydrogens is 414 g/mol. The first-order chi connectivity index (χ1) is 13.0. The van der Waals surface area contributed by atoms with Crippen molar-refractivity contribution in [2.45, 2.75) is 20.3 Å². The summed E-state index contributed by atoms with van der Waals surface area (Å²) < 4.78 is 22.5. The minimum atomic E-state index is -0.158. The van der Waals surface area contributed by atoms with Crippen molar-refractivity contribution in [1.82, 2.24) is 0 Å². The summed E-state index contributed by atoms with van der Waals surface area (Å²) in [5.74, 6) is 2.27. The third kappa shape index (κ3) is 5.53. The van der Waals surface area contributed by atoms with Crippen LogP contribution in [-0.4, -0.2) is 33.3 Å². The zero-order valence-corrected chi connectivity index (χ0v) is 17.5. The zero-order valence-electron chi connectivity index (χ0n) is 15.9. The Balaban J connectivity index is 2.16. The smallest absolute Gasteiger partial charge is 0.228 e. The van der Waals surface area contributed by atoms with Crippen LogP contribution in [0.2, 0.25) is 0 Å². The molecule has 0 heterocycles. The summed E-state index contributed by atoms with van der Waals surface area (Å²) in [7, 11) is 3.12. The van der Waals surface area contributed by atoms with E-state index in [4.69, 9.17) is 18.9 Å². The van der Waals surface area contributed by atoms with E-state index in [1.807, 2.05) is 26.0 Å². The van der Waals surface area contributed by atoms with E-state index < -0.39 is 0 Å². The predicted molar refractivity (Wildman–Crippen MR) is 108 cm³/mol. The molecule has 0 bridgehead atoms. The number of anilines is 1. The average molecular weight is 438 g/mol. The van der Waals surface area contributed by atoms with E-state index in [1.54, 1.807) is 32.4 Å². The molecular formula is C20H24BrNO5. The van der Waals surface area contributed by atoms with Gasteiger partial charge in [0.15, 0.2) is 23.0 Å². The lowest BCUT2D eigenvalue weighted by molar-refractivity contribution is -0.115. The average Bonchev–Trinajstić information content (AvgIpc) is 2.65. The van der Waals surface area contributed by atoms with Crippen molar-refractivity contribution in [3.63, 3.8) is 0 Å². The monoisotopic (exact) mass is 437 g/mol. The molecule has 0 spiro atoms. The normalized spacial score (nSPS) is 10.3. The van der Waals surface area contributed by atoms with Gasteiger partial charge in [-0.15, -0.1) is 0 Å². The molecule has 0 aliphatic carbocycles. The molecule has 7 heteroatoms. The highest BCUT2D eigenvalue weighted by atomic mass is 79.9. The molecule has 2 rings (SSSR count). The molecule has 1 amide bonds. The van der Waals surface area contributed by atoms with Crippen LogP contribution in [0.25, 0.3) is 0 Å². The highest BCUT2D eigenvalue weighted by Crippen LogP contribution is 2.34. The van der Waals surface area contributed by atoms with Gasteiger partial charge in [0.2, 0.25) is 5.91 Å². The van der Waals surface area contributed by atoms with Crippen LogP contribution in [0.3, 0.4) is 0 Å². The highest BCUT2D eigenvalue weighted by Gasteiger charge is 2.14. The fraction of sp³-hybridized carbons (Fsp3) is 0.350. The molecule has 0 atom stereocenters. The molecule has 27 heavy (non-hydrogen) atoms. The number of halogens is 1. The maximum atomic E-state index is 12.5. The van der Waals surface area contributed by atoms with Crippen molar-refractivity contribution in [2.24, 2.45) is 0 Å². The van der Waals surface area contributed by atoms with Gasteiger partial charge in [0.05, 0.1) is 33.9 Å². The van der Waals surface area contributed by atoms with Crippen LogP contribution in [0.15, 0.2) is 34.8 Å². The van der Waals surface area contributed by atoms with Crippen LogP contribution < -0.4 is 24.3 Å². The fourth-order valence-electron chi connectivity index (χ4n) is 2.54. The largest absolute Gasteiger partial charge is 0.493 e. The number of hydrogen-bond donors (Lipinski definition) is 1. The summed E-state index contributed by atoms with van der Waals surface area (Å²) in [6.07, 6.45) is 0.182. The minimum absolute atomic E-state index is 0.158. The van der Waals surface area contributed by atoms with Crippen molar-refractivity contribution >= 4 is 27.5 Å². The first kappa shape index (κ1) is 20.9. The number of nitrogens with one attached hydrogen (secondary N) is 1. The van der Waals surface area contributed by atoms with Gasteiger partial charge < -0.3 is 24.3 Å². The van der Waals surface area contributed by atoms with Crippen molar-refractivity contribution in [2.75, 3.05) is 32.8 Å². The number of carbonyl (C=O) groups excluding carboxylic acids is 1. The maximum absolute atomic E-state index is 12.5. The highest BCUT2D eigenvalue weighted by molar-refractivity contribution is 9.10. The summed E-state index contributed by atoms with van der Waals surface area (Å²) in [5, 5.41) is 2.87. The van der Waals surface area contributed by atoms with E-state index in [2.05, 4.69) is 21.2 Å². The second-order valence-corrected chi connectivity index (χ2v) is 6.41. The van der Waals surface area contributed by atoms with E-state index in [1.165, 1.54) is 0 Å². The van der Waals surface area contributed by atoms with Gasteiger partial charge in [-0.1, -0.05) is 15.9 Å². The summed E-state index contributed by atoms with van der Waals surface area (Å²) in [6.45, 7) is 4.86.